The maximum absolute atomic E-state index is 11.9. The van der Waals surface area contributed by atoms with Gasteiger partial charge in [-0.1, -0.05) is 23.7 Å². The minimum Gasteiger partial charge on any atom is -0.497 e. The lowest BCUT2D eigenvalue weighted by Crippen LogP contribution is -2.16. The van der Waals surface area contributed by atoms with E-state index in [0.29, 0.717) is 15.8 Å². The van der Waals surface area contributed by atoms with E-state index in [1.54, 1.807) is 25.3 Å². The number of hydrogen-bond donors (Lipinski definition) is 1. The zero-order chi connectivity index (χ0) is 19.7. The first kappa shape index (κ1) is 18.2. The lowest BCUT2D eigenvalue weighted by atomic mass is 10.1. The number of thiazole rings is 1. The zero-order valence-corrected chi connectivity index (χ0v) is 16.4. The Bertz CT molecular complexity index is 1130. The first-order valence-electron chi connectivity index (χ1n) is 8.31. The lowest BCUT2D eigenvalue weighted by Gasteiger charge is -2.01. The Morgan fingerprint density at radius 2 is 1.71 bits per heavy atom. The number of carbonyl (C=O) groups is 1. The van der Waals surface area contributed by atoms with Crippen molar-refractivity contribution in [3.8, 4) is 33.4 Å². The molecule has 2 N–H and O–H groups in total. The van der Waals surface area contributed by atoms with Crippen LogP contribution < -0.4 is 10.5 Å². The summed E-state index contributed by atoms with van der Waals surface area (Å²) in [6.07, 6.45) is 0. The number of aromatic nitrogens is 3. The Morgan fingerprint density at radius 3 is 2.36 bits per heavy atom. The van der Waals surface area contributed by atoms with E-state index in [0.717, 1.165) is 22.6 Å². The Morgan fingerprint density at radius 1 is 1.07 bits per heavy atom. The third kappa shape index (κ3) is 3.49. The Balaban J connectivity index is 1.73. The molecule has 0 aliphatic rings. The van der Waals surface area contributed by atoms with E-state index in [1.807, 2.05) is 41.8 Å². The summed E-state index contributed by atoms with van der Waals surface area (Å²) in [5.74, 6) is 0.198. The number of halogens is 1. The number of methoxy groups -OCH3 is 1. The number of amides is 1. The standard InChI is InChI=1S/C20H15ClN4O2S/c1-27-15-8-4-13(5-9-15)17-11-28-20(23-17)25-18(19(22)26)10-16(24-25)12-2-6-14(21)7-3-12/h2-11H,1H3,(H2,22,26). The van der Waals surface area contributed by atoms with Crippen LogP contribution in [0, 0.1) is 0 Å². The van der Waals surface area contributed by atoms with E-state index >= 15 is 0 Å². The monoisotopic (exact) mass is 410 g/mol. The highest BCUT2D eigenvalue weighted by molar-refractivity contribution is 7.12. The molecule has 4 aromatic rings. The van der Waals surface area contributed by atoms with Gasteiger partial charge in [-0.2, -0.15) is 9.78 Å². The quantitative estimate of drug-likeness (QED) is 0.527. The molecule has 4 rings (SSSR count). The average molecular weight is 411 g/mol. The van der Waals surface area contributed by atoms with Gasteiger partial charge in [-0.15, -0.1) is 11.3 Å². The smallest absolute Gasteiger partial charge is 0.267 e. The van der Waals surface area contributed by atoms with Crippen LogP contribution in [0.2, 0.25) is 5.02 Å². The fraction of sp³-hybridized carbons (Fsp3) is 0.0500. The molecule has 0 aliphatic carbocycles. The van der Waals surface area contributed by atoms with Crippen molar-refractivity contribution in [2.24, 2.45) is 5.73 Å². The average Bonchev–Trinajstić information content (AvgIpc) is 3.36. The van der Waals surface area contributed by atoms with Gasteiger partial charge in [0.25, 0.3) is 5.91 Å². The van der Waals surface area contributed by atoms with Gasteiger partial charge in [-0.05, 0) is 42.5 Å². The van der Waals surface area contributed by atoms with Crippen molar-refractivity contribution < 1.29 is 9.53 Å². The fourth-order valence-electron chi connectivity index (χ4n) is 2.72. The van der Waals surface area contributed by atoms with Gasteiger partial charge in [0.2, 0.25) is 5.13 Å². The first-order chi connectivity index (χ1) is 13.5. The summed E-state index contributed by atoms with van der Waals surface area (Å²) in [6, 6.07) is 16.5. The number of benzene rings is 2. The van der Waals surface area contributed by atoms with Crippen LogP contribution in [0.25, 0.3) is 27.6 Å². The number of ether oxygens (including phenoxy) is 1. The fourth-order valence-corrected chi connectivity index (χ4v) is 3.64. The second kappa shape index (κ2) is 7.46. The molecular weight excluding hydrogens is 396 g/mol. The van der Waals surface area contributed by atoms with Crippen LogP contribution in [0.4, 0.5) is 0 Å². The third-order valence-electron chi connectivity index (χ3n) is 4.16. The van der Waals surface area contributed by atoms with Crippen LogP contribution >= 0.6 is 22.9 Å². The summed E-state index contributed by atoms with van der Waals surface area (Å²) in [7, 11) is 1.62. The van der Waals surface area contributed by atoms with Crippen molar-refractivity contribution in [2.75, 3.05) is 7.11 Å². The Labute approximate surface area is 170 Å². The highest BCUT2D eigenvalue weighted by atomic mass is 35.5. The number of nitrogens with zero attached hydrogens (tertiary/aromatic N) is 3. The van der Waals surface area contributed by atoms with Crippen LogP contribution in [-0.4, -0.2) is 27.8 Å². The van der Waals surface area contributed by atoms with Gasteiger partial charge >= 0.3 is 0 Å². The molecule has 2 aromatic heterocycles. The summed E-state index contributed by atoms with van der Waals surface area (Å²) >= 11 is 7.33. The molecule has 0 radical (unpaired) electrons. The van der Waals surface area contributed by atoms with Gasteiger partial charge in [0.1, 0.15) is 11.4 Å². The normalized spacial score (nSPS) is 10.8. The SMILES string of the molecule is COc1ccc(-c2csc(-n3nc(-c4ccc(Cl)cc4)cc3C(N)=O)n2)cc1. The van der Waals surface area contributed by atoms with Crippen LogP contribution in [0.5, 0.6) is 5.75 Å². The van der Waals surface area contributed by atoms with Crippen LogP contribution in [-0.2, 0) is 0 Å². The molecule has 0 spiro atoms. The molecule has 0 aliphatic heterocycles. The number of nitrogens with two attached hydrogens (primary N) is 1. The van der Waals surface area contributed by atoms with Crippen molar-refractivity contribution in [3.63, 3.8) is 0 Å². The Kier molecular flexibility index (Phi) is 4.85. The second-order valence-corrected chi connectivity index (χ2v) is 7.21. The van der Waals surface area contributed by atoms with E-state index in [2.05, 4.69) is 10.1 Å². The highest BCUT2D eigenvalue weighted by Gasteiger charge is 2.18. The predicted octanol–water partition coefficient (Wildman–Crippen LogP) is 4.42. The number of rotatable bonds is 5. The van der Waals surface area contributed by atoms with Crippen molar-refractivity contribution in [1.82, 2.24) is 14.8 Å². The molecule has 0 bridgehead atoms. The molecule has 0 saturated carbocycles. The van der Waals surface area contributed by atoms with Crippen LogP contribution in [0.3, 0.4) is 0 Å². The molecule has 140 valence electrons. The minimum atomic E-state index is -0.575. The van der Waals surface area contributed by atoms with Crippen molar-refractivity contribution in [1.29, 1.82) is 0 Å². The van der Waals surface area contributed by atoms with Gasteiger partial charge < -0.3 is 10.5 Å². The first-order valence-corrected chi connectivity index (χ1v) is 9.57. The van der Waals surface area contributed by atoms with Crippen molar-refractivity contribution in [2.45, 2.75) is 0 Å². The van der Waals surface area contributed by atoms with Crippen LogP contribution in [0.15, 0.2) is 60.0 Å². The van der Waals surface area contributed by atoms with E-state index in [-0.39, 0.29) is 5.69 Å². The molecule has 6 nitrogen and oxygen atoms in total. The molecule has 28 heavy (non-hydrogen) atoms. The summed E-state index contributed by atoms with van der Waals surface area (Å²) in [5.41, 5.74) is 8.99. The minimum absolute atomic E-state index is 0.264. The maximum atomic E-state index is 11.9. The molecule has 8 heteroatoms. The van der Waals surface area contributed by atoms with Gasteiger partial charge in [0, 0.05) is 21.5 Å². The molecular formula is C20H15ClN4O2S. The number of primary amides is 1. The molecule has 0 atom stereocenters. The summed E-state index contributed by atoms with van der Waals surface area (Å²) in [4.78, 5) is 16.6. The summed E-state index contributed by atoms with van der Waals surface area (Å²) < 4.78 is 6.66. The van der Waals surface area contributed by atoms with E-state index in [4.69, 9.17) is 22.1 Å². The van der Waals surface area contributed by atoms with Crippen molar-refractivity contribution >= 4 is 28.8 Å². The van der Waals surface area contributed by atoms with Gasteiger partial charge in [0.15, 0.2) is 0 Å². The molecule has 0 fully saturated rings. The maximum Gasteiger partial charge on any atom is 0.267 e. The second-order valence-electron chi connectivity index (χ2n) is 5.94. The van der Waals surface area contributed by atoms with Gasteiger partial charge in [-0.25, -0.2) is 4.98 Å². The highest BCUT2D eigenvalue weighted by Crippen LogP contribution is 2.28. The summed E-state index contributed by atoms with van der Waals surface area (Å²) in [6.45, 7) is 0. The lowest BCUT2D eigenvalue weighted by molar-refractivity contribution is 0.0993. The number of hydrogen-bond acceptors (Lipinski definition) is 5. The van der Waals surface area contributed by atoms with E-state index in [9.17, 15) is 4.79 Å². The molecule has 1 amide bonds. The topological polar surface area (TPSA) is 83.0 Å². The van der Waals surface area contributed by atoms with Crippen LogP contribution in [0.1, 0.15) is 10.5 Å². The predicted molar refractivity (Wildman–Crippen MR) is 110 cm³/mol. The number of carbonyl (C=O) groups excluding carboxylic acids is 1. The Hall–Kier alpha value is -3.16. The summed E-state index contributed by atoms with van der Waals surface area (Å²) in [5, 5.41) is 7.63. The van der Waals surface area contributed by atoms with E-state index in [1.165, 1.54) is 16.0 Å². The largest absolute Gasteiger partial charge is 0.497 e. The van der Waals surface area contributed by atoms with Gasteiger partial charge in [0.05, 0.1) is 18.5 Å². The van der Waals surface area contributed by atoms with Gasteiger partial charge in [-0.3, -0.25) is 4.79 Å². The van der Waals surface area contributed by atoms with E-state index < -0.39 is 5.91 Å². The zero-order valence-electron chi connectivity index (χ0n) is 14.8. The molecule has 2 aromatic carbocycles. The third-order valence-corrected chi connectivity index (χ3v) is 5.23. The molecule has 0 unspecified atom stereocenters. The molecule has 2 heterocycles. The molecule has 0 saturated heterocycles. The van der Waals surface area contributed by atoms with Crippen molar-refractivity contribution in [3.05, 3.63) is 70.7 Å².